The van der Waals surface area contributed by atoms with E-state index >= 15 is 0 Å². The Morgan fingerprint density at radius 3 is 2.43 bits per heavy atom. The zero-order valence-electron chi connectivity index (χ0n) is 20.9. The Morgan fingerprint density at radius 1 is 1.20 bits per heavy atom. The maximum atomic E-state index is 13.4. The molecule has 0 saturated heterocycles. The molecule has 2 aromatic rings. The Hall–Kier alpha value is -3.30. The largest absolute Gasteiger partial charge is 0.348 e. The van der Waals surface area contributed by atoms with Crippen LogP contribution in [-0.2, 0) is 20.8 Å². The Labute approximate surface area is 206 Å². The van der Waals surface area contributed by atoms with E-state index in [0.29, 0.717) is 5.69 Å². The normalized spacial score (nSPS) is 14.5. The first-order chi connectivity index (χ1) is 16.6. The topological polar surface area (TPSA) is 150 Å². The zero-order chi connectivity index (χ0) is 26.1. The van der Waals surface area contributed by atoms with E-state index in [-0.39, 0.29) is 37.4 Å². The molecule has 0 saturated carbocycles. The third-order valence-corrected chi connectivity index (χ3v) is 6.35. The fraction of sp³-hybridized carbons (Fsp3) is 0.462. The number of benzene rings is 1. The Morgan fingerprint density at radius 2 is 1.89 bits per heavy atom. The molecule has 0 aliphatic heterocycles. The fourth-order valence-electron chi connectivity index (χ4n) is 4.79. The fourth-order valence-corrected chi connectivity index (χ4v) is 4.79. The van der Waals surface area contributed by atoms with Crippen molar-refractivity contribution in [2.45, 2.75) is 53.4 Å². The number of hydrazine groups is 1. The highest BCUT2D eigenvalue weighted by molar-refractivity contribution is 5.92. The average Bonchev–Trinajstić information content (AvgIpc) is 3.33. The summed E-state index contributed by atoms with van der Waals surface area (Å²) in [5, 5.41) is 9.59. The Balaban J connectivity index is 2.49. The SMILES string of the molecule is CC(C)C[C@](CC(C)(C)C(=O)Cc1cnc[nH]1)(C(=O)NN)[C@H](C/C=C/c1ccccc1)C(=O)NO. The third kappa shape index (κ3) is 7.34. The maximum Gasteiger partial charge on any atom is 0.247 e. The molecule has 6 N–H and O–H groups in total. The number of Topliss-reactive ketones (excluding diaryl/α,β-unsaturated/α-hetero) is 1. The number of nitrogens with two attached hydrogens (primary N) is 1. The predicted octanol–water partition coefficient (Wildman–Crippen LogP) is 3.19. The van der Waals surface area contributed by atoms with Gasteiger partial charge >= 0.3 is 0 Å². The number of ketones is 1. The number of aromatic amines is 1. The quantitative estimate of drug-likeness (QED) is 0.128. The number of aromatic nitrogens is 2. The van der Waals surface area contributed by atoms with Crippen LogP contribution in [0.5, 0.6) is 0 Å². The van der Waals surface area contributed by atoms with Crippen LogP contribution < -0.4 is 16.7 Å². The van der Waals surface area contributed by atoms with Gasteiger partial charge in [0.1, 0.15) is 5.78 Å². The molecule has 1 aromatic carbocycles. The zero-order valence-corrected chi connectivity index (χ0v) is 20.9. The van der Waals surface area contributed by atoms with Gasteiger partial charge in [-0.05, 0) is 30.7 Å². The van der Waals surface area contributed by atoms with Crippen molar-refractivity contribution in [1.82, 2.24) is 20.9 Å². The number of rotatable bonds is 13. The summed E-state index contributed by atoms with van der Waals surface area (Å²) < 4.78 is 0. The van der Waals surface area contributed by atoms with E-state index in [4.69, 9.17) is 5.84 Å². The van der Waals surface area contributed by atoms with Gasteiger partial charge in [0.15, 0.2) is 0 Å². The predicted molar refractivity (Wildman–Crippen MR) is 133 cm³/mol. The standard InChI is InChI=1S/C26H37N5O4/c1-18(2)14-26(24(34)30-27,16-25(3,4)22(32)13-20-15-28-17-29-20)21(23(33)31-35)12-8-11-19-9-6-5-7-10-19/h5-11,15,17-18,21,35H,12-14,16,27H2,1-4H3,(H,28,29)(H,30,34)(H,31,33)/b11-8+/t21-,26-/m1/s1. The van der Waals surface area contributed by atoms with E-state index in [9.17, 15) is 19.6 Å². The summed E-state index contributed by atoms with van der Waals surface area (Å²) in [6.07, 6.45) is 7.35. The molecule has 0 unspecified atom stereocenters. The van der Waals surface area contributed by atoms with E-state index in [2.05, 4.69) is 15.4 Å². The van der Waals surface area contributed by atoms with Gasteiger partial charge in [-0.1, -0.05) is 70.2 Å². The summed E-state index contributed by atoms with van der Waals surface area (Å²) in [6, 6.07) is 9.54. The van der Waals surface area contributed by atoms with Crippen LogP contribution in [-0.4, -0.2) is 32.8 Å². The first-order valence-electron chi connectivity index (χ1n) is 11.7. The molecule has 0 radical (unpaired) electrons. The third-order valence-electron chi connectivity index (χ3n) is 6.35. The molecule has 9 nitrogen and oxygen atoms in total. The van der Waals surface area contributed by atoms with Crippen molar-refractivity contribution >= 4 is 23.7 Å². The summed E-state index contributed by atoms with van der Waals surface area (Å²) in [5.41, 5.74) is 3.22. The highest BCUT2D eigenvalue weighted by atomic mass is 16.5. The minimum absolute atomic E-state index is 0.00194. The second kappa shape index (κ2) is 12.4. The molecule has 1 heterocycles. The van der Waals surface area contributed by atoms with Crippen LogP contribution in [0.15, 0.2) is 48.9 Å². The van der Waals surface area contributed by atoms with Crippen molar-refractivity contribution in [3.8, 4) is 0 Å². The van der Waals surface area contributed by atoms with Crippen LogP contribution in [0.2, 0.25) is 0 Å². The number of hydrogen-bond acceptors (Lipinski definition) is 6. The van der Waals surface area contributed by atoms with Gasteiger partial charge < -0.3 is 4.98 Å². The highest BCUT2D eigenvalue weighted by Crippen LogP contribution is 2.47. The number of amides is 2. The summed E-state index contributed by atoms with van der Waals surface area (Å²) in [7, 11) is 0. The Bertz CT molecular complexity index is 1000. The van der Waals surface area contributed by atoms with Gasteiger partial charge in [-0.15, -0.1) is 0 Å². The van der Waals surface area contributed by atoms with Crippen molar-refractivity contribution in [2.24, 2.45) is 28.5 Å². The number of nitrogens with zero attached hydrogens (tertiary/aromatic N) is 1. The van der Waals surface area contributed by atoms with Crippen LogP contribution in [0.1, 0.15) is 58.2 Å². The van der Waals surface area contributed by atoms with Crippen molar-refractivity contribution in [3.05, 3.63) is 60.2 Å². The minimum atomic E-state index is -1.36. The molecule has 2 atom stereocenters. The molecule has 9 heteroatoms. The lowest BCUT2D eigenvalue weighted by atomic mass is 9.59. The molecule has 1 aromatic heterocycles. The lowest BCUT2D eigenvalue weighted by Crippen LogP contribution is -2.55. The van der Waals surface area contributed by atoms with Gasteiger partial charge in [-0.3, -0.25) is 25.0 Å². The molecule has 35 heavy (non-hydrogen) atoms. The molecule has 0 fully saturated rings. The molecule has 0 spiro atoms. The molecule has 0 bridgehead atoms. The summed E-state index contributed by atoms with van der Waals surface area (Å²) in [5.74, 6) is 3.29. The number of hydrogen-bond donors (Lipinski definition) is 5. The second-order valence-electron chi connectivity index (χ2n) is 10.0. The number of hydroxylamine groups is 1. The lowest BCUT2D eigenvalue weighted by molar-refractivity contribution is -0.152. The molecule has 0 aliphatic rings. The highest BCUT2D eigenvalue weighted by Gasteiger charge is 2.52. The summed E-state index contributed by atoms with van der Waals surface area (Å²) in [4.78, 5) is 46.6. The number of nitrogens with one attached hydrogen (secondary N) is 3. The van der Waals surface area contributed by atoms with Crippen molar-refractivity contribution < 1.29 is 19.6 Å². The molecule has 2 rings (SSSR count). The van der Waals surface area contributed by atoms with Crippen LogP contribution >= 0.6 is 0 Å². The van der Waals surface area contributed by atoms with Gasteiger partial charge in [-0.2, -0.15) is 0 Å². The molecule has 190 valence electrons. The number of allylic oxidation sites excluding steroid dienone is 1. The smallest absolute Gasteiger partial charge is 0.247 e. The number of carbonyl (C=O) groups excluding carboxylic acids is 3. The summed E-state index contributed by atoms with van der Waals surface area (Å²) in [6.45, 7) is 7.40. The molecule has 2 amide bonds. The Kier molecular flexibility index (Phi) is 9.91. The summed E-state index contributed by atoms with van der Waals surface area (Å²) >= 11 is 0. The van der Waals surface area contributed by atoms with Gasteiger partial charge in [-0.25, -0.2) is 16.3 Å². The molecular formula is C26H37N5O4. The second-order valence-corrected chi connectivity index (χ2v) is 10.0. The van der Waals surface area contributed by atoms with Crippen LogP contribution in [0, 0.1) is 22.7 Å². The van der Waals surface area contributed by atoms with E-state index in [1.807, 2.05) is 50.3 Å². The number of carbonyl (C=O) groups is 3. The van der Waals surface area contributed by atoms with E-state index in [1.165, 1.54) is 6.33 Å². The number of H-pyrrole nitrogens is 1. The number of imidazole rings is 1. The minimum Gasteiger partial charge on any atom is -0.348 e. The maximum absolute atomic E-state index is 13.4. The lowest BCUT2D eigenvalue weighted by Gasteiger charge is -2.43. The van der Waals surface area contributed by atoms with Crippen LogP contribution in [0.4, 0.5) is 0 Å². The van der Waals surface area contributed by atoms with E-state index < -0.39 is 28.6 Å². The first kappa shape index (κ1) is 27.9. The molecule has 0 aliphatic carbocycles. The van der Waals surface area contributed by atoms with Gasteiger partial charge in [0.25, 0.3) is 0 Å². The molecular weight excluding hydrogens is 446 g/mol. The van der Waals surface area contributed by atoms with Crippen molar-refractivity contribution in [2.75, 3.05) is 0 Å². The van der Waals surface area contributed by atoms with Crippen molar-refractivity contribution in [3.63, 3.8) is 0 Å². The van der Waals surface area contributed by atoms with Gasteiger partial charge in [0, 0.05) is 23.7 Å². The van der Waals surface area contributed by atoms with Crippen LogP contribution in [0.3, 0.4) is 0 Å². The monoisotopic (exact) mass is 483 g/mol. The van der Waals surface area contributed by atoms with Gasteiger partial charge in [0.2, 0.25) is 11.8 Å². The van der Waals surface area contributed by atoms with E-state index in [1.54, 1.807) is 31.6 Å². The van der Waals surface area contributed by atoms with Gasteiger partial charge in [0.05, 0.1) is 17.7 Å². The average molecular weight is 484 g/mol. The van der Waals surface area contributed by atoms with E-state index in [0.717, 1.165) is 5.56 Å². The first-order valence-corrected chi connectivity index (χ1v) is 11.7. The van der Waals surface area contributed by atoms with Crippen molar-refractivity contribution in [1.29, 1.82) is 0 Å². The van der Waals surface area contributed by atoms with Crippen LogP contribution in [0.25, 0.3) is 6.08 Å².